The van der Waals surface area contributed by atoms with Gasteiger partial charge in [0.05, 0.1) is 12.8 Å². The largest absolute Gasteiger partial charge is 0.495 e. The number of nitrogens with zero attached hydrogens (tertiary/aromatic N) is 1. The SMILES string of the molecule is COc1ccc(CN(C)C)cc1NC(=O)CCCl. The van der Waals surface area contributed by atoms with Crippen LogP contribution in [0.1, 0.15) is 12.0 Å². The Labute approximate surface area is 113 Å². The summed E-state index contributed by atoms with van der Waals surface area (Å²) in [6.07, 6.45) is 0.294. The van der Waals surface area contributed by atoms with E-state index in [1.54, 1.807) is 7.11 Å². The molecule has 0 saturated carbocycles. The van der Waals surface area contributed by atoms with Gasteiger partial charge < -0.3 is 15.0 Å². The van der Waals surface area contributed by atoms with Crippen LogP contribution in [0, 0.1) is 0 Å². The summed E-state index contributed by atoms with van der Waals surface area (Å²) in [5, 5.41) is 2.81. The minimum atomic E-state index is -0.106. The van der Waals surface area contributed by atoms with Crippen molar-refractivity contribution in [2.75, 3.05) is 32.4 Å². The lowest BCUT2D eigenvalue weighted by molar-refractivity contribution is -0.115. The molecule has 0 aliphatic rings. The number of hydrogen-bond donors (Lipinski definition) is 1. The van der Waals surface area contributed by atoms with E-state index in [2.05, 4.69) is 10.2 Å². The normalized spacial score (nSPS) is 10.5. The highest BCUT2D eigenvalue weighted by molar-refractivity contribution is 6.19. The molecular formula is C13H19ClN2O2. The van der Waals surface area contributed by atoms with Crippen molar-refractivity contribution in [1.82, 2.24) is 4.90 Å². The molecule has 5 heteroatoms. The summed E-state index contributed by atoms with van der Waals surface area (Å²) in [5.74, 6) is 0.858. The van der Waals surface area contributed by atoms with E-state index in [4.69, 9.17) is 16.3 Å². The molecule has 100 valence electrons. The smallest absolute Gasteiger partial charge is 0.225 e. The lowest BCUT2D eigenvalue weighted by Crippen LogP contribution is -2.14. The number of amides is 1. The van der Waals surface area contributed by atoms with Gasteiger partial charge in [-0.15, -0.1) is 11.6 Å². The highest BCUT2D eigenvalue weighted by Crippen LogP contribution is 2.26. The van der Waals surface area contributed by atoms with E-state index < -0.39 is 0 Å². The van der Waals surface area contributed by atoms with Crippen LogP contribution in [0.4, 0.5) is 5.69 Å². The van der Waals surface area contributed by atoms with E-state index in [1.165, 1.54) is 0 Å². The average molecular weight is 271 g/mol. The van der Waals surface area contributed by atoms with Gasteiger partial charge in [-0.25, -0.2) is 0 Å². The molecule has 1 rings (SSSR count). The Balaban J connectivity index is 2.88. The second-order valence-corrected chi connectivity index (χ2v) is 4.64. The van der Waals surface area contributed by atoms with Gasteiger partial charge >= 0.3 is 0 Å². The molecule has 1 aromatic rings. The highest BCUT2D eigenvalue weighted by atomic mass is 35.5. The van der Waals surface area contributed by atoms with Gasteiger partial charge in [0.15, 0.2) is 0 Å². The van der Waals surface area contributed by atoms with Gasteiger partial charge in [-0.3, -0.25) is 4.79 Å². The molecule has 0 aromatic heterocycles. The van der Waals surface area contributed by atoms with Crippen LogP contribution in [0.5, 0.6) is 5.75 Å². The lowest BCUT2D eigenvalue weighted by Gasteiger charge is -2.14. The maximum absolute atomic E-state index is 11.6. The van der Waals surface area contributed by atoms with E-state index in [0.29, 0.717) is 23.7 Å². The first-order valence-electron chi connectivity index (χ1n) is 5.74. The van der Waals surface area contributed by atoms with Gasteiger partial charge in [0.1, 0.15) is 5.75 Å². The highest BCUT2D eigenvalue weighted by Gasteiger charge is 2.08. The number of nitrogens with one attached hydrogen (secondary N) is 1. The molecule has 0 radical (unpaired) electrons. The first-order valence-corrected chi connectivity index (χ1v) is 6.27. The van der Waals surface area contributed by atoms with Crippen molar-refractivity contribution in [3.63, 3.8) is 0 Å². The fourth-order valence-corrected chi connectivity index (χ4v) is 1.79. The maximum atomic E-state index is 11.6. The Morgan fingerprint density at radius 2 is 2.17 bits per heavy atom. The van der Waals surface area contributed by atoms with E-state index in [0.717, 1.165) is 12.1 Å². The van der Waals surface area contributed by atoms with E-state index in [-0.39, 0.29) is 5.91 Å². The first kappa shape index (κ1) is 14.8. The molecule has 0 atom stereocenters. The Morgan fingerprint density at radius 1 is 1.44 bits per heavy atom. The van der Waals surface area contributed by atoms with Crippen molar-refractivity contribution in [2.24, 2.45) is 0 Å². The predicted molar refractivity (Wildman–Crippen MR) is 74.4 cm³/mol. The van der Waals surface area contributed by atoms with Crippen LogP contribution >= 0.6 is 11.6 Å². The molecule has 1 N–H and O–H groups in total. The molecule has 1 amide bonds. The molecule has 0 saturated heterocycles. The van der Waals surface area contributed by atoms with Crippen LogP contribution in [-0.2, 0) is 11.3 Å². The van der Waals surface area contributed by atoms with Crippen molar-refractivity contribution < 1.29 is 9.53 Å². The molecule has 0 bridgehead atoms. The van der Waals surface area contributed by atoms with E-state index >= 15 is 0 Å². The molecule has 1 aromatic carbocycles. The third-order valence-electron chi connectivity index (χ3n) is 2.36. The third-order valence-corrected chi connectivity index (χ3v) is 2.55. The van der Waals surface area contributed by atoms with Gasteiger partial charge in [-0.1, -0.05) is 6.07 Å². The van der Waals surface area contributed by atoms with Crippen LogP contribution in [0.15, 0.2) is 18.2 Å². The summed E-state index contributed by atoms with van der Waals surface area (Å²) in [6.45, 7) is 0.808. The maximum Gasteiger partial charge on any atom is 0.225 e. The summed E-state index contributed by atoms with van der Waals surface area (Å²) in [7, 11) is 5.57. The number of carbonyl (C=O) groups excluding carboxylic acids is 1. The Hall–Kier alpha value is -1.26. The number of hydrogen-bond acceptors (Lipinski definition) is 3. The average Bonchev–Trinajstić information content (AvgIpc) is 2.28. The van der Waals surface area contributed by atoms with E-state index in [9.17, 15) is 4.79 Å². The quantitative estimate of drug-likeness (QED) is 0.807. The standard InChI is InChI=1S/C13H19ClN2O2/c1-16(2)9-10-4-5-12(18-3)11(8-10)15-13(17)6-7-14/h4-5,8H,6-7,9H2,1-3H3,(H,15,17). The van der Waals surface area contributed by atoms with Gasteiger partial charge in [-0.05, 0) is 31.8 Å². The zero-order chi connectivity index (χ0) is 13.5. The number of carbonyl (C=O) groups is 1. The summed E-state index contributed by atoms with van der Waals surface area (Å²) in [4.78, 5) is 13.6. The van der Waals surface area contributed by atoms with Gasteiger partial charge in [-0.2, -0.15) is 0 Å². The molecule has 0 spiro atoms. The zero-order valence-electron chi connectivity index (χ0n) is 11.0. The van der Waals surface area contributed by atoms with Crippen LogP contribution in [0.3, 0.4) is 0 Å². The van der Waals surface area contributed by atoms with Crippen molar-refractivity contribution in [3.05, 3.63) is 23.8 Å². The van der Waals surface area contributed by atoms with Crippen LogP contribution in [0.2, 0.25) is 0 Å². The number of anilines is 1. The number of ether oxygens (including phenoxy) is 1. The predicted octanol–water partition coefficient (Wildman–Crippen LogP) is 2.32. The Kier molecular flexibility index (Phi) is 5.95. The fourth-order valence-electron chi connectivity index (χ4n) is 1.61. The molecular weight excluding hydrogens is 252 g/mol. The lowest BCUT2D eigenvalue weighted by atomic mass is 10.1. The van der Waals surface area contributed by atoms with Crippen molar-refractivity contribution in [3.8, 4) is 5.75 Å². The summed E-state index contributed by atoms with van der Waals surface area (Å²) < 4.78 is 5.22. The number of benzene rings is 1. The van der Waals surface area contributed by atoms with E-state index in [1.807, 2.05) is 32.3 Å². The van der Waals surface area contributed by atoms with Gasteiger partial charge in [0, 0.05) is 18.8 Å². The molecule has 4 nitrogen and oxygen atoms in total. The molecule has 0 aliphatic heterocycles. The minimum Gasteiger partial charge on any atom is -0.495 e. The van der Waals surface area contributed by atoms with Crippen molar-refractivity contribution in [2.45, 2.75) is 13.0 Å². The topological polar surface area (TPSA) is 41.6 Å². The molecule has 0 aliphatic carbocycles. The summed E-state index contributed by atoms with van der Waals surface area (Å²) >= 11 is 5.54. The molecule has 0 fully saturated rings. The Morgan fingerprint density at radius 3 is 2.72 bits per heavy atom. The van der Waals surface area contributed by atoms with Gasteiger partial charge in [0.25, 0.3) is 0 Å². The number of rotatable bonds is 6. The Bertz CT molecular complexity index is 408. The number of alkyl halides is 1. The van der Waals surface area contributed by atoms with Crippen LogP contribution in [0.25, 0.3) is 0 Å². The van der Waals surface area contributed by atoms with Gasteiger partial charge in [0.2, 0.25) is 5.91 Å². The third kappa shape index (κ3) is 4.55. The van der Waals surface area contributed by atoms with Crippen LogP contribution < -0.4 is 10.1 Å². The van der Waals surface area contributed by atoms with Crippen molar-refractivity contribution in [1.29, 1.82) is 0 Å². The van der Waals surface area contributed by atoms with Crippen LogP contribution in [-0.4, -0.2) is 37.9 Å². The second kappa shape index (κ2) is 7.24. The number of halogens is 1. The van der Waals surface area contributed by atoms with Crippen molar-refractivity contribution >= 4 is 23.2 Å². The second-order valence-electron chi connectivity index (χ2n) is 4.26. The number of methoxy groups -OCH3 is 1. The minimum absolute atomic E-state index is 0.106. The monoisotopic (exact) mass is 270 g/mol. The summed E-state index contributed by atoms with van der Waals surface area (Å²) in [5.41, 5.74) is 1.80. The molecule has 18 heavy (non-hydrogen) atoms. The fraction of sp³-hybridized carbons (Fsp3) is 0.462. The first-order chi connectivity index (χ1) is 8.56. The summed E-state index contributed by atoms with van der Waals surface area (Å²) in [6, 6.07) is 5.76. The molecule has 0 heterocycles. The zero-order valence-corrected chi connectivity index (χ0v) is 11.8. The molecule has 0 unspecified atom stereocenters.